The van der Waals surface area contributed by atoms with Gasteiger partial charge in [-0.2, -0.15) is 0 Å². The van der Waals surface area contributed by atoms with E-state index in [-0.39, 0.29) is 24.3 Å². The fourth-order valence-corrected chi connectivity index (χ4v) is 3.64. The molecule has 2 aromatic rings. The lowest BCUT2D eigenvalue weighted by molar-refractivity contribution is -0.126. The normalized spacial score (nSPS) is 15.8. The molecule has 2 aromatic carbocycles. The highest BCUT2D eigenvalue weighted by atomic mass is 16.5. The molecule has 0 radical (unpaired) electrons. The van der Waals surface area contributed by atoms with Gasteiger partial charge in [-0.05, 0) is 49.7 Å². The van der Waals surface area contributed by atoms with Crippen molar-refractivity contribution in [1.29, 1.82) is 0 Å². The summed E-state index contributed by atoms with van der Waals surface area (Å²) in [5.41, 5.74) is 3.06. The number of hydrogen-bond acceptors (Lipinski definition) is 5. The van der Waals surface area contributed by atoms with Crippen LogP contribution in [0.5, 0.6) is 0 Å². The van der Waals surface area contributed by atoms with Gasteiger partial charge in [0, 0.05) is 31.0 Å². The van der Waals surface area contributed by atoms with E-state index >= 15 is 0 Å². The van der Waals surface area contributed by atoms with E-state index in [9.17, 15) is 9.59 Å². The standard InChI is InChI=1S/C25H34N4O3/c1-19(21-7-5-4-6-8-21)17-26-25(31)20(2)28(3)18-24(30)27-22-9-11-23(12-10-22)29-13-15-32-16-14-29/h4-12,19-20H,13-18H2,1-3H3,(H,26,31)(H,27,30). The summed E-state index contributed by atoms with van der Waals surface area (Å²) < 4.78 is 5.39. The van der Waals surface area contributed by atoms with Crippen LogP contribution >= 0.6 is 0 Å². The molecule has 0 aromatic heterocycles. The van der Waals surface area contributed by atoms with E-state index in [1.165, 1.54) is 5.56 Å². The minimum absolute atomic E-state index is 0.0852. The van der Waals surface area contributed by atoms with E-state index in [2.05, 4.69) is 34.6 Å². The van der Waals surface area contributed by atoms with Crippen LogP contribution in [0.1, 0.15) is 25.3 Å². The molecule has 7 nitrogen and oxygen atoms in total. The second-order valence-electron chi connectivity index (χ2n) is 8.34. The summed E-state index contributed by atoms with van der Waals surface area (Å²) in [6.07, 6.45) is 0. The number of carbonyl (C=O) groups excluding carboxylic acids is 2. The number of ether oxygens (including phenoxy) is 1. The largest absolute Gasteiger partial charge is 0.378 e. The maximum Gasteiger partial charge on any atom is 0.238 e. The molecule has 1 aliphatic rings. The maximum atomic E-state index is 12.5. The number of anilines is 2. The molecule has 2 unspecified atom stereocenters. The number of amides is 2. The van der Waals surface area contributed by atoms with Crippen LogP contribution in [0.3, 0.4) is 0 Å². The molecule has 2 atom stereocenters. The summed E-state index contributed by atoms with van der Waals surface area (Å²) in [7, 11) is 1.78. The van der Waals surface area contributed by atoms with Crippen LogP contribution in [0, 0.1) is 0 Å². The lowest BCUT2D eigenvalue weighted by Gasteiger charge is -2.29. The molecule has 172 valence electrons. The van der Waals surface area contributed by atoms with E-state index in [1.54, 1.807) is 11.9 Å². The van der Waals surface area contributed by atoms with E-state index in [1.807, 2.05) is 49.4 Å². The predicted molar refractivity (Wildman–Crippen MR) is 128 cm³/mol. The van der Waals surface area contributed by atoms with Crippen LogP contribution in [0.25, 0.3) is 0 Å². The van der Waals surface area contributed by atoms with Gasteiger partial charge in [0.15, 0.2) is 0 Å². The van der Waals surface area contributed by atoms with Crippen molar-refractivity contribution in [3.63, 3.8) is 0 Å². The van der Waals surface area contributed by atoms with Gasteiger partial charge in [0.2, 0.25) is 11.8 Å². The van der Waals surface area contributed by atoms with E-state index < -0.39 is 6.04 Å². The van der Waals surface area contributed by atoms with Gasteiger partial charge in [0.1, 0.15) is 0 Å². The summed E-state index contributed by atoms with van der Waals surface area (Å²) in [5, 5.41) is 5.91. The summed E-state index contributed by atoms with van der Waals surface area (Å²) >= 11 is 0. The molecule has 1 aliphatic heterocycles. The average Bonchev–Trinajstić information content (AvgIpc) is 2.83. The van der Waals surface area contributed by atoms with Crippen molar-refractivity contribution in [2.24, 2.45) is 0 Å². The van der Waals surface area contributed by atoms with Crippen molar-refractivity contribution in [3.8, 4) is 0 Å². The number of morpholine rings is 1. The van der Waals surface area contributed by atoms with Gasteiger partial charge < -0.3 is 20.3 Å². The van der Waals surface area contributed by atoms with Gasteiger partial charge in [-0.15, -0.1) is 0 Å². The van der Waals surface area contributed by atoms with Crippen LogP contribution in [-0.4, -0.2) is 69.2 Å². The van der Waals surface area contributed by atoms with E-state index in [4.69, 9.17) is 4.74 Å². The van der Waals surface area contributed by atoms with Crippen molar-refractivity contribution >= 4 is 23.2 Å². The van der Waals surface area contributed by atoms with Gasteiger partial charge >= 0.3 is 0 Å². The Balaban J connectivity index is 1.43. The maximum absolute atomic E-state index is 12.5. The first-order valence-electron chi connectivity index (χ1n) is 11.2. The number of carbonyl (C=O) groups is 2. The number of likely N-dealkylation sites (N-methyl/N-ethyl adjacent to an activating group) is 1. The lowest BCUT2D eigenvalue weighted by atomic mass is 10.0. The molecule has 7 heteroatoms. The smallest absolute Gasteiger partial charge is 0.238 e. The molecule has 0 bridgehead atoms. The molecular weight excluding hydrogens is 404 g/mol. The van der Waals surface area contributed by atoms with Gasteiger partial charge in [-0.1, -0.05) is 37.3 Å². The Bertz CT molecular complexity index is 867. The SMILES string of the molecule is CC(CNC(=O)C(C)N(C)CC(=O)Nc1ccc(N2CCOCC2)cc1)c1ccccc1. The molecule has 2 N–H and O–H groups in total. The molecule has 0 saturated carbocycles. The molecule has 1 saturated heterocycles. The van der Waals surface area contributed by atoms with Crippen molar-refractivity contribution < 1.29 is 14.3 Å². The number of benzene rings is 2. The zero-order valence-electron chi connectivity index (χ0n) is 19.2. The van der Waals surface area contributed by atoms with Crippen LogP contribution in [0.4, 0.5) is 11.4 Å². The van der Waals surface area contributed by atoms with Crippen molar-refractivity contribution in [2.45, 2.75) is 25.8 Å². The zero-order chi connectivity index (χ0) is 22.9. The van der Waals surface area contributed by atoms with Crippen LogP contribution in [-0.2, 0) is 14.3 Å². The lowest BCUT2D eigenvalue weighted by Crippen LogP contribution is -2.46. The van der Waals surface area contributed by atoms with Crippen molar-refractivity contribution in [1.82, 2.24) is 10.2 Å². The highest BCUT2D eigenvalue weighted by molar-refractivity contribution is 5.93. The third-order valence-electron chi connectivity index (χ3n) is 5.91. The molecule has 32 heavy (non-hydrogen) atoms. The van der Waals surface area contributed by atoms with E-state index in [0.717, 1.165) is 37.7 Å². The Morgan fingerprint density at radius 3 is 2.34 bits per heavy atom. The first kappa shape index (κ1) is 23.8. The Kier molecular flexibility index (Phi) is 8.64. The van der Waals surface area contributed by atoms with Gasteiger partial charge in [0.25, 0.3) is 0 Å². The topological polar surface area (TPSA) is 73.9 Å². The van der Waals surface area contributed by atoms with Gasteiger partial charge in [-0.25, -0.2) is 0 Å². The third kappa shape index (κ3) is 6.80. The average molecular weight is 439 g/mol. The first-order valence-corrected chi connectivity index (χ1v) is 11.2. The number of nitrogens with one attached hydrogen (secondary N) is 2. The Morgan fingerprint density at radius 2 is 1.69 bits per heavy atom. The second-order valence-corrected chi connectivity index (χ2v) is 8.34. The van der Waals surface area contributed by atoms with Crippen LogP contribution < -0.4 is 15.5 Å². The molecule has 0 spiro atoms. The second kappa shape index (κ2) is 11.6. The molecule has 1 fully saturated rings. The summed E-state index contributed by atoms with van der Waals surface area (Å²) in [6.45, 7) is 7.82. The van der Waals surface area contributed by atoms with E-state index in [0.29, 0.717) is 6.54 Å². The van der Waals surface area contributed by atoms with Gasteiger partial charge in [-0.3, -0.25) is 14.5 Å². The predicted octanol–water partition coefficient (Wildman–Crippen LogP) is 2.70. The quantitative estimate of drug-likeness (QED) is 0.630. The monoisotopic (exact) mass is 438 g/mol. The first-order chi connectivity index (χ1) is 15.4. The molecular formula is C25H34N4O3. The molecule has 0 aliphatic carbocycles. The van der Waals surface area contributed by atoms with Crippen LogP contribution in [0.15, 0.2) is 54.6 Å². The highest BCUT2D eigenvalue weighted by Gasteiger charge is 2.21. The number of hydrogen-bond donors (Lipinski definition) is 2. The minimum Gasteiger partial charge on any atom is -0.378 e. The summed E-state index contributed by atoms with van der Waals surface area (Å²) in [5.74, 6) is -0.0109. The Hall–Kier alpha value is -2.90. The summed E-state index contributed by atoms with van der Waals surface area (Å²) in [6, 6.07) is 17.5. The number of rotatable bonds is 9. The third-order valence-corrected chi connectivity index (χ3v) is 5.91. The molecule has 2 amide bonds. The van der Waals surface area contributed by atoms with Crippen molar-refractivity contribution in [3.05, 3.63) is 60.2 Å². The fraction of sp³-hybridized carbons (Fsp3) is 0.440. The molecule has 1 heterocycles. The zero-order valence-corrected chi connectivity index (χ0v) is 19.2. The number of nitrogens with zero attached hydrogens (tertiary/aromatic N) is 2. The Morgan fingerprint density at radius 1 is 1.03 bits per heavy atom. The molecule has 3 rings (SSSR count). The van der Waals surface area contributed by atoms with Gasteiger partial charge in [0.05, 0.1) is 25.8 Å². The van der Waals surface area contributed by atoms with Crippen LogP contribution in [0.2, 0.25) is 0 Å². The minimum atomic E-state index is -0.410. The highest BCUT2D eigenvalue weighted by Crippen LogP contribution is 2.19. The fourth-order valence-electron chi connectivity index (χ4n) is 3.64. The Labute approximate surface area is 190 Å². The summed E-state index contributed by atoms with van der Waals surface area (Å²) in [4.78, 5) is 29.0. The van der Waals surface area contributed by atoms with Crippen molar-refractivity contribution in [2.75, 3.05) is 56.7 Å².